The average molecular weight is 323 g/mol. The molecule has 0 aliphatic carbocycles. The van der Waals surface area contributed by atoms with Gasteiger partial charge in [-0.1, -0.05) is 41.7 Å². The van der Waals surface area contributed by atoms with Crippen molar-refractivity contribution in [1.29, 1.82) is 0 Å². The molecule has 0 fully saturated rings. The quantitative estimate of drug-likeness (QED) is 0.592. The second kappa shape index (κ2) is 5.10. The van der Waals surface area contributed by atoms with E-state index in [-0.39, 0.29) is 5.43 Å². The molecule has 0 aliphatic rings. The van der Waals surface area contributed by atoms with Gasteiger partial charge in [-0.25, -0.2) is 4.98 Å². The first kappa shape index (κ1) is 13.8. The summed E-state index contributed by atoms with van der Waals surface area (Å²) < 4.78 is 6.18. The van der Waals surface area contributed by atoms with Gasteiger partial charge in [0.05, 0.1) is 33.9 Å². The summed E-state index contributed by atoms with van der Waals surface area (Å²) in [4.78, 5) is 20.5. The number of thiazole rings is 1. The molecule has 3 N–H and O–H groups in total. The maximum atomic E-state index is 13.0. The number of nitrogens with two attached hydrogens (primary N) is 1. The third kappa shape index (κ3) is 2.07. The zero-order chi connectivity index (χ0) is 16.0. The standard InChI is InChI=1S/C17H13N3O2S/c1-22-15-13(9-5-3-2-4-6-9)19-10-7-8-11-16(12(10)14(15)21)23-17(18)20-11/h2-8H,1H3,(H2,18,20)(H,19,21). The van der Waals surface area contributed by atoms with Crippen LogP contribution in [-0.2, 0) is 0 Å². The Balaban J connectivity index is 2.15. The summed E-state index contributed by atoms with van der Waals surface area (Å²) in [6.07, 6.45) is 0. The van der Waals surface area contributed by atoms with Crippen LogP contribution in [0.3, 0.4) is 0 Å². The fourth-order valence-corrected chi connectivity index (χ4v) is 3.64. The summed E-state index contributed by atoms with van der Waals surface area (Å²) in [7, 11) is 1.50. The maximum absolute atomic E-state index is 13.0. The Kier molecular flexibility index (Phi) is 3.06. The van der Waals surface area contributed by atoms with Crippen LogP contribution in [-0.4, -0.2) is 17.1 Å². The predicted octanol–water partition coefficient (Wildman–Crippen LogP) is 3.40. The van der Waals surface area contributed by atoms with Crippen LogP contribution >= 0.6 is 11.3 Å². The molecule has 4 aromatic rings. The predicted molar refractivity (Wildman–Crippen MR) is 94.1 cm³/mol. The van der Waals surface area contributed by atoms with E-state index in [1.807, 2.05) is 42.5 Å². The summed E-state index contributed by atoms with van der Waals surface area (Å²) in [5.41, 5.74) is 8.66. The molecule has 114 valence electrons. The molecule has 2 aromatic carbocycles. The number of nitrogens with one attached hydrogen (secondary N) is 1. The van der Waals surface area contributed by atoms with Crippen LogP contribution in [0, 0.1) is 0 Å². The van der Waals surface area contributed by atoms with E-state index in [4.69, 9.17) is 10.5 Å². The van der Waals surface area contributed by atoms with Gasteiger partial charge in [0.2, 0.25) is 5.43 Å². The minimum Gasteiger partial charge on any atom is -0.491 e. The fraction of sp³-hybridized carbons (Fsp3) is 0.0588. The Hall–Kier alpha value is -2.86. The highest BCUT2D eigenvalue weighted by Gasteiger charge is 2.17. The van der Waals surface area contributed by atoms with Crippen LogP contribution in [0.4, 0.5) is 5.13 Å². The van der Waals surface area contributed by atoms with Crippen molar-refractivity contribution in [3.05, 3.63) is 52.7 Å². The number of nitrogen functional groups attached to an aromatic ring is 1. The topological polar surface area (TPSA) is 81.0 Å². The van der Waals surface area contributed by atoms with Gasteiger partial charge in [-0.05, 0) is 12.1 Å². The molecule has 2 aromatic heterocycles. The molecule has 4 rings (SSSR count). The number of aromatic nitrogens is 2. The number of pyridine rings is 1. The van der Waals surface area contributed by atoms with E-state index in [9.17, 15) is 4.79 Å². The SMILES string of the molecule is COc1c(-c2ccccc2)[nH]c2ccc3nc(N)sc3c2c1=O. The summed E-state index contributed by atoms with van der Waals surface area (Å²) >= 11 is 1.31. The first-order valence-electron chi connectivity index (χ1n) is 7.03. The number of anilines is 1. The lowest BCUT2D eigenvalue weighted by Gasteiger charge is -2.10. The number of H-pyrrole nitrogens is 1. The molecule has 2 heterocycles. The van der Waals surface area contributed by atoms with E-state index in [0.29, 0.717) is 22.0 Å². The van der Waals surface area contributed by atoms with Crippen molar-refractivity contribution in [3.63, 3.8) is 0 Å². The van der Waals surface area contributed by atoms with Crippen LogP contribution in [0.25, 0.3) is 32.4 Å². The highest BCUT2D eigenvalue weighted by Crippen LogP contribution is 2.33. The smallest absolute Gasteiger partial charge is 0.233 e. The minimum atomic E-state index is -0.158. The van der Waals surface area contributed by atoms with Gasteiger partial charge in [-0.15, -0.1) is 0 Å². The summed E-state index contributed by atoms with van der Waals surface area (Å²) in [5.74, 6) is 0.295. The van der Waals surface area contributed by atoms with Crippen molar-refractivity contribution < 1.29 is 4.74 Å². The van der Waals surface area contributed by atoms with Crippen molar-refractivity contribution in [2.24, 2.45) is 0 Å². The Morgan fingerprint density at radius 1 is 1.17 bits per heavy atom. The second-order valence-corrected chi connectivity index (χ2v) is 6.15. The van der Waals surface area contributed by atoms with E-state index in [1.165, 1.54) is 18.4 Å². The van der Waals surface area contributed by atoms with Crippen molar-refractivity contribution >= 4 is 37.6 Å². The van der Waals surface area contributed by atoms with Gasteiger partial charge in [0.1, 0.15) is 0 Å². The molecule has 23 heavy (non-hydrogen) atoms. The molecule has 6 heteroatoms. The molecule has 0 unspecified atom stereocenters. The van der Waals surface area contributed by atoms with Crippen LogP contribution in [0.5, 0.6) is 5.75 Å². The number of rotatable bonds is 2. The second-order valence-electron chi connectivity index (χ2n) is 5.12. The number of nitrogens with zero attached hydrogens (tertiary/aromatic N) is 1. The van der Waals surface area contributed by atoms with Gasteiger partial charge in [0, 0.05) is 5.56 Å². The third-order valence-corrected chi connectivity index (χ3v) is 4.68. The molecule has 0 spiro atoms. The fourth-order valence-electron chi connectivity index (χ4n) is 2.76. The lowest BCUT2D eigenvalue weighted by atomic mass is 10.1. The van der Waals surface area contributed by atoms with Crippen molar-refractivity contribution in [2.75, 3.05) is 12.8 Å². The highest BCUT2D eigenvalue weighted by molar-refractivity contribution is 7.23. The molecular formula is C17H13N3O2S. The highest BCUT2D eigenvalue weighted by atomic mass is 32.1. The zero-order valence-corrected chi connectivity index (χ0v) is 13.1. The van der Waals surface area contributed by atoms with Crippen molar-refractivity contribution in [1.82, 2.24) is 9.97 Å². The number of methoxy groups -OCH3 is 1. The first-order chi connectivity index (χ1) is 11.2. The average Bonchev–Trinajstić information content (AvgIpc) is 2.95. The Bertz CT molecular complexity index is 1080. The molecule has 0 saturated carbocycles. The summed E-state index contributed by atoms with van der Waals surface area (Å²) in [6.45, 7) is 0. The van der Waals surface area contributed by atoms with Crippen molar-refractivity contribution in [2.45, 2.75) is 0 Å². The number of aromatic amines is 1. The van der Waals surface area contributed by atoms with Gasteiger partial charge in [-0.3, -0.25) is 4.79 Å². The number of benzene rings is 2. The number of ether oxygens (including phenoxy) is 1. The monoisotopic (exact) mass is 323 g/mol. The van der Waals surface area contributed by atoms with E-state index in [1.54, 1.807) is 0 Å². The van der Waals surface area contributed by atoms with E-state index >= 15 is 0 Å². The summed E-state index contributed by atoms with van der Waals surface area (Å²) in [5, 5.41) is 1.01. The Morgan fingerprint density at radius 2 is 1.96 bits per heavy atom. The van der Waals surface area contributed by atoms with Gasteiger partial charge in [-0.2, -0.15) is 0 Å². The van der Waals surface area contributed by atoms with Crippen LogP contribution < -0.4 is 15.9 Å². The van der Waals surface area contributed by atoms with Gasteiger partial charge in [0.15, 0.2) is 10.9 Å². The first-order valence-corrected chi connectivity index (χ1v) is 7.85. The molecular weight excluding hydrogens is 310 g/mol. The van der Waals surface area contributed by atoms with E-state index in [2.05, 4.69) is 9.97 Å². The molecule has 0 aliphatic heterocycles. The van der Waals surface area contributed by atoms with Crippen LogP contribution in [0.15, 0.2) is 47.3 Å². The molecule has 5 nitrogen and oxygen atoms in total. The molecule has 0 amide bonds. The number of hydrogen-bond donors (Lipinski definition) is 2. The Labute approximate surface area is 135 Å². The lowest BCUT2D eigenvalue weighted by molar-refractivity contribution is 0.412. The van der Waals surface area contributed by atoms with Crippen LogP contribution in [0.2, 0.25) is 0 Å². The largest absolute Gasteiger partial charge is 0.491 e. The Morgan fingerprint density at radius 3 is 2.70 bits per heavy atom. The van der Waals surface area contributed by atoms with Gasteiger partial charge >= 0.3 is 0 Å². The lowest BCUT2D eigenvalue weighted by Crippen LogP contribution is -2.09. The number of hydrogen-bond acceptors (Lipinski definition) is 5. The molecule has 0 radical (unpaired) electrons. The maximum Gasteiger partial charge on any atom is 0.233 e. The minimum absolute atomic E-state index is 0.158. The molecule has 0 bridgehead atoms. The zero-order valence-electron chi connectivity index (χ0n) is 12.3. The normalized spacial score (nSPS) is 11.2. The molecule has 0 atom stereocenters. The summed E-state index contributed by atoms with van der Waals surface area (Å²) in [6, 6.07) is 13.4. The molecule has 0 saturated heterocycles. The van der Waals surface area contributed by atoms with Gasteiger partial charge < -0.3 is 15.5 Å². The van der Waals surface area contributed by atoms with Gasteiger partial charge in [0.25, 0.3) is 0 Å². The number of fused-ring (bicyclic) bond motifs is 3. The van der Waals surface area contributed by atoms with Crippen LogP contribution in [0.1, 0.15) is 0 Å². The van der Waals surface area contributed by atoms with E-state index in [0.717, 1.165) is 21.3 Å². The van der Waals surface area contributed by atoms with Crippen molar-refractivity contribution in [3.8, 4) is 17.0 Å². The van der Waals surface area contributed by atoms with E-state index < -0.39 is 0 Å². The third-order valence-electron chi connectivity index (χ3n) is 3.76.